The number of nitrogens with zero attached hydrogens (tertiary/aromatic N) is 3. The fourth-order valence-corrected chi connectivity index (χ4v) is 2.77. The molecule has 5 nitrogen and oxygen atoms in total. The number of hydrogen-bond acceptors (Lipinski definition) is 5. The smallest absolute Gasteiger partial charge is 0.244 e. The van der Waals surface area contributed by atoms with Crippen molar-refractivity contribution >= 4 is 12.2 Å². The van der Waals surface area contributed by atoms with Gasteiger partial charge in [0.1, 0.15) is 5.75 Å². The van der Waals surface area contributed by atoms with Gasteiger partial charge in [0.15, 0.2) is 0 Å². The van der Waals surface area contributed by atoms with Crippen LogP contribution in [0.1, 0.15) is 5.56 Å². The summed E-state index contributed by atoms with van der Waals surface area (Å²) in [5.41, 5.74) is 7.08. The van der Waals surface area contributed by atoms with E-state index in [4.69, 9.17) is 0 Å². The van der Waals surface area contributed by atoms with Gasteiger partial charge >= 0.3 is 0 Å². The average Bonchev–Trinajstić information content (AvgIpc) is 2.76. The molecule has 0 saturated heterocycles. The van der Waals surface area contributed by atoms with E-state index in [1.165, 1.54) is 6.21 Å². The number of para-hydroxylation sites is 1. The van der Waals surface area contributed by atoms with Gasteiger partial charge in [0.2, 0.25) is 5.95 Å². The Morgan fingerprint density at radius 2 is 1.25 bits per heavy atom. The summed E-state index contributed by atoms with van der Waals surface area (Å²) >= 11 is 0. The molecule has 5 heteroatoms. The average molecular weight is 366 g/mol. The van der Waals surface area contributed by atoms with Crippen LogP contribution in [-0.4, -0.2) is 21.3 Å². The number of phenols is 1. The minimum absolute atomic E-state index is 0.164. The summed E-state index contributed by atoms with van der Waals surface area (Å²) in [4.78, 5) is 9.17. The van der Waals surface area contributed by atoms with E-state index in [-0.39, 0.29) is 5.75 Å². The number of benzene rings is 3. The van der Waals surface area contributed by atoms with Crippen molar-refractivity contribution in [2.45, 2.75) is 0 Å². The predicted octanol–water partition coefficient (Wildman–Crippen LogP) is 4.96. The molecular weight excluding hydrogens is 348 g/mol. The molecular formula is C23H18N4O. The van der Waals surface area contributed by atoms with E-state index in [1.54, 1.807) is 18.2 Å². The van der Waals surface area contributed by atoms with Crippen molar-refractivity contribution in [1.82, 2.24) is 9.97 Å². The molecule has 0 atom stereocenters. The lowest BCUT2D eigenvalue weighted by Crippen LogP contribution is -2.00. The molecule has 1 aromatic heterocycles. The zero-order valence-electron chi connectivity index (χ0n) is 15.0. The molecule has 0 amide bonds. The first-order valence-corrected chi connectivity index (χ1v) is 8.86. The first-order chi connectivity index (χ1) is 13.8. The van der Waals surface area contributed by atoms with Crippen LogP contribution in [0.5, 0.6) is 5.75 Å². The molecule has 1 heterocycles. The lowest BCUT2D eigenvalue weighted by molar-refractivity contribution is 0.474. The summed E-state index contributed by atoms with van der Waals surface area (Å²) in [6.45, 7) is 0. The molecule has 136 valence electrons. The van der Waals surface area contributed by atoms with Crippen LogP contribution in [0.2, 0.25) is 0 Å². The van der Waals surface area contributed by atoms with E-state index in [9.17, 15) is 5.11 Å². The Morgan fingerprint density at radius 1 is 0.714 bits per heavy atom. The zero-order valence-corrected chi connectivity index (χ0v) is 15.0. The Bertz CT molecular complexity index is 1040. The number of nitrogens with one attached hydrogen (secondary N) is 1. The van der Waals surface area contributed by atoms with Gasteiger partial charge in [-0.25, -0.2) is 15.4 Å². The Morgan fingerprint density at radius 3 is 1.82 bits per heavy atom. The van der Waals surface area contributed by atoms with Gasteiger partial charge in [0, 0.05) is 16.7 Å². The third-order valence-electron chi connectivity index (χ3n) is 4.17. The molecule has 0 fully saturated rings. The van der Waals surface area contributed by atoms with Crippen molar-refractivity contribution in [3.63, 3.8) is 0 Å². The number of aromatic nitrogens is 2. The number of hydrogen-bond donors (Lipinski definition) is 2. The van der Waals surface area contributed by atoms with Crippen LogP contribution in [0.15, 0.2) is 96.1 Å². The van der Waals surface area contributed by atoms with E-state index >= 15 is 0 Å². The second-order valence-electron chi connectivity index (χ2n) is 6.12. The lowest BCUT2D eigenvalue weighted by atomic mass is 10.1. The topological polar surface area (TPSA) is 70.4 Å². The standard InChI is InChI=1S/C23H18N4O/c28-22-14-8-7-13-19(22)16-24-27-23-25-20(17-9-3-1-4-10-17)15-21(26-23)18-11-5-2-6-12-18/h1-16,28H,(H,25,26,27)/b24-16+. The molecule has 0 aliphatic rings. The molecule has 4 aromatic rings. The SMILES string of the molecule is Oc1ccccc1/C=N/Nc1nc(-c2ccccc2)cc(-c2ccccc2)n1. The molecule has 4 rings (SSSR count). The normalized spacial score (nSPS) is 10.9. The van der Waals surface area contributed by atoms with Crippen LogP contribution in [0.4, 0.5) is 5.95 Å². The number of hydrazone groups is 1. The van der Waals surface area contributed by atoms with Crippen molar-refractivity contribution < 1.29 is 5.11 Å². The van der Waals surface area contributed by atoms with E-state index in [1.807, 2.05) is 72.8 Å². The summed E-state index contributed by atoms with van der Waals surface area (Å²) in [6.07, 6.45) is 1.54. The molecule has 0 radical (unpaired) electrons. The molecule has 28 heavy (non-hydrogen) atoms. The summed E-state index contributed by atoms with van der Waals surface area (Å²) < 4.78 is 0. The van der Waals surface area contributed by atoms with E-state index in [2.05, 4.69) is 20.5 Å². The van der Waals surface area contributed by atoms with Gasteiger partial charge in [-0.1, -0.05) is 72.8 Å². The van der Waals surface area contributed by atoms with Crippen molar-refractivity contribution in [3.05, 3.63) is 96.6 Å². The van der Waals surface area contributed by atoms with Crippen LogP contribution in [0, 0.1) is 0 Å². The largest absolute Gasteiger partial charge is 0.507 e. The molecule has 0 bridgehead atoms. The Balaban J connectivity index is 1.69. The van der Waals surface area contributed by atoms with Gasteiger partial charge in [-0.15, -0.1) is 0 Å². The van der Waals surface area contributed by atoms with E-state index < -0.39 is 0 Å². The summed E-state index contributed by atoms with van der Waals surface area (Å²) in [5, 5.41) is 14.0. The van der Waals surface area contributed by atoms with Gasteiger partial charge in [-0.2, -0.15) is 5.10 Å². The number of rotatable bonds is 5. The Labute approximate surface area is 163 Å². The Kier molecular flexibility index (Phi) is 5.06. The van der Waals surface area contributed by atoms with Gasteiger partial charge < -0.3 is 5.11 Å². The van der Waals surface area contributed by atoms with Gasteiger partial charge in [-0.3, -0.25) is 0 Å². The third kappa shape index (κ3) is 4.04. The second kappa shape index (κ2) is 8.14. The molecule has 0 unspecified atom stereocenters. The quantitative estimate of drug-likeness (QED) is 0.387. The maximum atomic E-state index is 9.84. The van der Waals surface area contributed by atoms with Gasteiger partial charge in [-0.05, 0) is 18.2 Å². The highest BCUT2D eigenvalue weighted by molar-refractivity contribution is 5.83. The summed E-state index contributed by atoms with van der Waals surface area (Å²) in [6, 6.07) is 28.8. The molecule has 0 aliphatic carbocycles. The summed E-state index contributed by atoms with van der Waals surface area (Å²) in [7, 11) is 0. The van der Waals surface area contributed by atoms with Crippen molar-refractivity contribution in [2.75, 3.05) is 5.43 Å². The van der Waals surface area contributed by atoms with E-state index in [0.717, 1.165) is 22.5 Å². The number of aromatic hydroxyl groups is 1. The van der Waals surface area contributed by atoms with Gasteiger partial charge in [0.25, 0.3) is 0 Å². The van der Waals surface area contributed by atoms with Crippen LogP contribution in [0.25, 0.3) is 22.5 Å². The van der Waals surface area contributed by atoms with E-state index in [0.29, 0.717) is 11.5 Å². The molecule has 0 aliphatic heterocycles. The molecule has 0 saturated carbocycles. The predicted molar refractivity (Wildman–Crippen MR) is 112 cm³/mol. The first-order valence-electron chi connectivity index (χ1n) is 8.86. The highest BCUT2D eigenvalue weighted by atomic mass is 16.3. The monoisotopic (exact) mass is 366 g/mol. The fourth-order valence-electron chi connectivity index (χ4n) is 2.77. The number of anilines is 1. The van der Waals surface area contributed by atoms with Crippen LogP contribution >= 0.6 is 0 Å². The minimum atomic E-state index is 0.164. The lowest BCUT2D eigenvalue weighted by Gasteiger charge is -2.08. The molecule has 0 spiro atoms. The van der Waals surface area contributed by atoms with Gasteiger partial charge in [0.05, 0.1) is 17.6 Å². The maximum Gasteiger partial charge on any atom is 0.244 e. The van der Waals surface area contributed by atoms with Crippen LogP contribution < -0.4 is 5.43 Å². The zero-order chi connectivity index (χ0) is 19.2. The number of phenolic OH excluding ortho intramolecular Hbond substituents is 1. The molecule has 3 aromatic carbocycles. The first kappa shape index (κ1) is 17.4. The van der Waals surface area contributed by atoms with Crippen molar-refractivity contribution in [1.29, 1.82) is 0 Å². The third-order valence-corrected chi connectivity index (χ3v) is 4.17. The highest BCUT2D eigenvalue weighted by Gasteiger charge is 2.08. The minimum Gasteiger partial charge on any atom is -0.507 e. The van der Waals surface area contributed by atoms with Crippen molar-refractivity contribution in [3.8, 4) is 28.3 Å². The van der Waals surface area contributed by atoms with Crippen LogP contribution in [-0.2, 0) is 0 Å². The molecule has 2 N–H and O–H groups in total. The maximum absolute atomic E-state index is 9.84. The Hall–Kier alpha value is -3.99. The highest BCUT2D eigenvalue weighted by Crippen LogP contribution is 2.25. The fraction of sp³-hybridized carbons (Fsp3) is 0. The van der Waals surface area contributed by atoms with Crippen molar-refractivity contribution in [2.24, 2.45) is 5.10 Å². The summed E-state index contributed by atoms with van der Waals surface area (Å²) in [5.74, 6) is 0.545. The second-order valence-corrected chi connectivity index (χ2v) is 6.12. The van der Waals surface area contributed by atoms with Crippen LogP contribution in [0.3, 0.4) is 0 Å².